The molecule has 0 radical (unpaired) electrons. The van der Waals surface area contributed by atoms with Crippen LogP contribution in [0.25, 0.3) is 6.08 Å². The molecule has 3 rings (SSSR count). The fourth-order valence-corrected chi connectivity index (χ4v) is 2.82. The highest BCUT2D eigenvalue weighted by Crippen LogP contribution is 2.33. The third-order valence-corrected chi connectivity index (χ3v) is 4.06. The molecule has 0 aliphatic heterocycles. The molecule has 0 amide bonds. The third-order valence-electron chi connectivity index (χ3n) is 4.06. The smallest absolute Gasteiger partial charge is 0.169 e. The highest BCUT2D eigenvalue weighted by atomic mass is 16.5. The number of rotatable bonds is 3. The monoisotopic (exact) mass is 332 g/mol. The Morgan fingerprint density at radius 1 is 0.920 bits per heavy atom. The molecular formula is C23H26NO+. The van der Waals surface area contributed by atoms with E-state index in [1.165, 1.54) is 22.3 Å². The van der Waals surface area contributed by atoms with Crippen LogP contribution in [0, 0.1) is 0 Å². The lowest BCUT2D eigenvalue weighted by atomic mass is 9.99. The van der Waals surface area contributed by atoms with Gasteiger partial charge in [0, 0.05) is 18.6 Å². The van der Waals surface area contributed by atoms with E-state index >= 15 is 0 Å². The zero-order valence-electron chi connectivity index (χ0n) is 15.5. The van der Waals surface area contributed by atoms with E-state index in [0.29, 0.717) is 0 Å². The molecule has 0 saturated carbocycles. The second-order valence-electron chi connectivity index (χ2n) is 7.44. The van der Waals surface area contributed by atoms with Gasteiger partial charge in [0.05, 0.1) is 0 Å². The molecule has 2 heteroatoms. The Balaban J connectivity index is 1.92. The highest BCUT2D eigenvalue weighted by Gasteiger charge is 2.20. The number of aromatic nitrogens is 1. The number of pyridine rings is 1. The fourth-order valence-electron chi connectivity index (χ4n) is 2.82. The van der Waals surface area contributed by atoms with Gasteiger partial charge in [-0.3, -0.25) is 0 Å². The van der Waals surface area contributed by atoms with Gasteiger partial charge in [0.15, 0.2) is 12.4 Å². The number of ether oxygens (including phenoxy) is 1. The first-order valence-corrected chi connectivity index (χ1v) is 8.72. The number of hydrogen-bond acceptors (Lipinski definition) is 1. The van der Waals surface area contributed by atoms with Crippen molar-refractivity contribution in [3.63, 3.8) is 0 Å². The van der Waals surface area contributed by atoms with Crippen molar-refractivity contribution in [1.82, 2.24) is 0 Å². The molecular weight excluding hydrogens is 306 g/mol. The van der Waals surface area contributed by atoms with Gasteiger partial charge in [-0.1, -0.05) is 42.5 Å². The standard InChI is InChI=1S/C23H26NO/c1-23(2,3)25-22-12-11-19(20-7-5-6-8-21(22)17-20)10-9-18-13-15-24(4)16-14-18/h5-16H,17H2,1-4H3/q+1/b10-9+. The van der Waals surface area contributed by atoms with Crippen molar-refractivity contribution in [2.24, 2.45) is 7.05 Å². The average Bonchev–Trinajstić information content (AvgIpc) is 2.88. The summed E-state index contributed by atoms with van der Waals surface area (Å²) in [6.45, 7) is 6.26. The van der Waals surface area contributed by atoms with E-state index in [-0.39, 0.29) is 5.60 Å². The quantitative estimate of drug-likeness (QED) is 0.712. The number of aryl methyl sites for hydroxylation is 1. The van der Waals surface area contributed by atoms with Crippen LogP contribution in [0.1, 0.15) is 32.8 Å². The lowest BCUT2D eigenvalue weighted by Gasteiger charge is -2.24. The Morgan fingerprint density at radius 2 is 1.60 bits per heavy atom. The molecule has 1 aromatic heterocycles. The number of fused-ring (bicyclic) bond motifs is 2. The summed E-state index contributed by atoms with van der Waals surface area (Å²) in [6, 6.07) is 4.23. The second-order valence-corrected chi connectivity index (χ2v) is 7.44. The molecule has 25 heavy (non-hydrogen) atoms. The normalized spacial score (nSPS) is 17.3. The minimum atomic E-state index is -0.208. The largest absolute Gasteiger partial charge is 0.488 e. The summed E-state index contributed by atoms with van der Waals surface area (Å²) in [4.78, 5) is 0. The summed E-state index contributed by atoms with van der Waals surface area (Å²) in [7, 11) is 2.03. The minimum absolute atomic E-state index is 0.208. The summed E-state index contributed by atoms with van der Waals surface area (Å²) in [5.41, 5.74) is 4.74. The van der Waals surface area contributed by atoms with Crippen molar-refractivity contribution in [3.05, 3.63) is 95.1 Å². The first kappa shape index (κ1) is 17.2. The first-order chi connectivity index (χ1) is 11.9. The van der Waals surface area contributed by atoms with E-state index < -0.39 is 0 Å². The van der Waals surface area contributed by atoms with Crippen molar-refractivity contribution in [3.8, 4) is 0 Å². The Labute approximate surface area is 150 Å². The van der Waals surface area contributed by atoms with E-state index in [0.717, 1.165) is 12.2 Å². The maximum Gasteiger partial charge on any atom is 0.169 e. The van der Waals surface area contributed by atoms with Gasteiger partial charge in [-0.15, -0.1) is 0 Å². The van der Waals surface area contributed by atoms with Crippen LogP contribution in [0.4, 0.5) is 0 Å². The SMILES string of the molecule is C[n+]1ccc(/C=C/C2=CC=C(OC(C)(C)C)C3=CC=CC=C2C3)cc1. The maximum absolute atomic E-state index is 6.18. The zero-order valence-corrected chi connectivity index (χ0v) is 15.5. The second kappa shape index (κ2) is 7.10. The minimum Gasteiger partial charge on any atom is -0.488 e. The number of nitrogens with zero attached hydrogens (tertiary/aromatic N) is 1. The van der Waals surface area contributed by atoms with Crippen molar-refractivity contribution < 1.29 is 9.30 Å². The molecule has 2 nitrogen and oxygen atoms in total. The lowest BCUT2D eigenvalue weighted by Crippen LogP contribution is -2.25. The average molecular weight is 332 g/mol. The van der Waals surface area contributed by atoms with E-state index in [1.54, 1.807) is 0 Å². The summed E-state index contributed by atoms with van der Waals surface area (Å²) in [5.74, 6) is 0.958. The van der Waals surface area contributed by atoms with E-state index in [1.807, 2.05) is 11.6 Å². The van der Waals surface area contributed by atoms with Crippen molar-refractivity contribution in [1.29, 1.82) is 0 Å². The van der Waals surface area contributed by atoms with E-state index in [2.05, 4.69) is 93.9 Å². The van der Waals surface area contributed by atoms with Crippen LogP contribution >= 0.6 is 0 Å². The molecule has 1 aromatic rings. The third kappa shape index (κ3) is 4.69. The molecule has 2 aliphatic carbocycles. The molecule has 2 bridgehead atoms. The maximum atomic E-state index is 6.18. The van der Waals surface area contributed by atoms with Crippen LogP contribution in [0.3, 0.4) is 0 Å². The zero-order chi connectivity index (χ0) is 17.9. The summed E-state index contributed by atoms with van der Waals surface area (Å²) in [6.07, 6.45) is 22.1. The van der Waals surface area contributed by atoms with Gasteiger partial charge >= 0.3 is 0 Å². The Kier molecular flexibility index (Phi) is 4.89. The molecule has 0 saturated heterocycles. The van der Waals surface area contributed by atoms with E-state index in [4.69, 9.17) is 4.74 Å². The van der Waals surface area contributed by atoms with Gasteiger partial charge in [-0.2, -0.15) is 0 Å². The van der Waals surface area contributed by atoms with Crippen LogP contribution in [0.5, 0.6) is 0 Å². The van der Waals surface area contributed by atoms with Gasteiger partial charge in [0.25, 0.3) is 0 Å². The van der Waals surface area contributed by atoms with Gasteiger partial charge in [0.1, 0.15) is 18.4 Å². The highest BCUT2D eigenvalue weighted by molar-refractivity contribution is 5.60. The fraction of sp³-hybridized carbons (Fsp3) is 0.261. The summed E-state index contributed by atoms with van der Waals surface area (Å²) in [5, 5.41) is 0. The molecule has 1 heterocycles. The molecule has 0 fully saturated rings. The Morgan fingerprint density at radius 3 is 2.28 bits per heavy atom. The van der Waals surface area contributed by atoms with Crippen LogP contribution in [-0.4, -0.2) is 5.60 Å². The predicted octanol–water partition coefficient (Wildman–Crippen LogP) is 4.98. The van der Waals surface area contributed by atoms with Crippen LogP contribution < -0.4 is 4.57 Å². The number of allylic oxidation sites excluding steroid dienone is 10. The molecule has 128 valence electrons. The molecule has 0 N–H and O–H groups in total. The van der Waals surface area contributed by atoms with Gasteiger partial charge in [0.2, 0.25) is 0 Å². The van der Waals surface area contributed by atoms with E-state index in [9.17, 15) is 0 Å². The molecule has 0 spiro atoms. The molecule has 0 aromatic carbocycles. The molecule has 2 aliphatic rings. The first-order valence-electron chi connectivity index (χ1n) is 8.72. The number of hydrogen-bond donors (Lipinski definition) is 0. The molecule has 0 unspecified atom stereocenters. The Hall–Kier alpha value is -2.61. The Bertz CT molecular complexity index is 822. The summed E-state index contributed by atoms with van der Waals surface area (Å²) >= 11 is 0. The van der Waals surface area contributed by atoms with Crippen LogP contribution in [0.15, 0.2) is 89.5 Å². The summed E-state index contributed by atoms with van der Waals surface area (Å²) < 4.78 is 8.22. The van der Waals surface area contributed by atoms with Gasteiger partial charge in [-0.05, 0) is 49.1 Å². The lowest BCUT2D eigenvalue weighted by molar-refractivity contribution is -0.671. The van der Waals surface area contributed by atoms with Crippen LogP contribution in [-0.2, 0) is 11.8 Å². The molecule has 0 atom stereocenters. The van der Waals surface area contributed by atoms with Gasteiger partial charge < -0.3 is 4.74 Å². The topological polar surface area (TPSA) is 13.1 Å². The van der Waals surface area contributed by atoms with Crippen molar-refractivity contribution in [2.45, 2.75) is 32.8 Å². The van der Waals surface area contributed by atoms with Crippen molar-refractivity contribution >= 4 is 6.08 Å². The predicted molar refractivity (Wildman–Crippen MR) is 104 cm³/mol. The van der Waals surface area contributed by atoms with Crippen molar-refractivity contribution in [2.75, 3.05) is 0 Å². The van der Waals surface area contributed by atoms with Gasteiger partial charge in [-0.25, -0.2) is 4.57 Å². The van der Waals surface area contributed by atoms with Crippen LogP contribution in [0.2, 0.25) is 0 Å².